The Morgan fingerprint density at radius 3 is 2.46 bits per heavy atom. The highest BCUT2D eigenvalue weighted by atomic mass is 32.2. The summed E-state index contributed by atoms with van der Waals surface area (Å²) in [7, 11) is 0.532. The van der Waals surface area contributed by atoms with Crippen molar-refractivity contribution in [2.75, 3.05) is 33.1 Å². The fraction of sp³-hybridized carbons (Fsp3) is 0.500. The molecule has 0 aliphatic rings. The lowest BCUT2D eigenvalue weighted by atomic mass is 10.2. The van der Waals surface area contributed by atoms with Crippen LogP contribution >= 0.6 is 0 Å². The van der Waals surface area contributed by atoms with Crippen molar-refractivity contribution >= 4 is 27.6 Å². The third-order valence-electron chi connectivity index (χ3n) is 3.59. The van der Waals surface area contributed by atoms with E-state index >= 15 is 0 Å². The first-order valence-electron chi connectivity index (χ1n) is 8.12. The SMILES string of the molecule is COc1ccc(NC(=O)CCCCCNC(N)=O)cc1S(=O)(=O)N(C)C. The Kier molecular flexibility index (Phi) is 8.33. The van der Waals surface area contributed by atoms with Gasteiger partial charge in [-0.3, -0.25) is 4.79 Å². The second kappa shape index (κ2) is 9.97. The van der Waals surface area contributed by atoms with Crippen LogP contribution in [0.5, 0.6) is 5.75 Å². The number of amides is 3. The Morgan fingerprint density at radius 2 is 1.88 bits per heavy atom. The number of benzene rings is 1. The summed E-state index contributed by atoms with van der Waals surface area (Å²) in [6, 6.07) is 3.90. The van der Waals surface area contributed by atoms with Crippen LogP contribution in [0, 0.1) is 0 Å². The summed E-state index contributed by atoms with van der Waals surface area (Å²) in [6.45, 7) is 0.473. The zero-order valence-electron chi connectivity index (χ0n) is 15.2. The van der Waals surface area contributed by atoms with Gasteiger partial charge in [0, 0.05) is 32.7 Å². The molecule has 0 aliphatic carbocycles. The zero-order valence-corrected chi connectivity index (χ0v) is 16.1. The fourth-order valence-corrected chi connectivity index (χ4v) is 3.25. The van der Waals surface area contributed by atoms with E-state index in [1.807, 2.05) is 0 Å². The van der Waals surface area contributed by atoms with E-state index in [4.69, 9.17) is 10.5 Å². The molecule has 9 nitrogen and oxygen atoms in total. The number of carbonyl (C=O) groups excluding carboxylic acids is 2. The van der Waals surface area contributed by atoms with Crippen LogP contribution in [0.2, 0.25) is 0 Å². The van der Waals surface area contributed by atoms with Crippen LogP contribution in [0.1, 0.15) is 25.7 Å². The quantitative estimate of drug-likeness (QED) is 0.519. The topological polar surface area (TPSA) is 131 Å². The molecule has 26 heavy (non-hydrogen) atoms. The number of nitrogens with zero attached hydrogens (tertiary/aromatic N) is 1. The highest BCUT2D eigenvalue weighted by molar-refractivity contribution is 7.89. The van der Waals surface area contributed by atoms with E-state index in [-0.39, 0.29) is 16.6 Å². The predicted molar refractivity (Wildman–Crippen MR) is 98.6 cm³/mol. The molecular formula is C16H26N4O5S. The normalized spacial score (nSPS) is 11.2. The Morgan fingerprint density at radius 1 is 1.19 bits per heavy atom. The summed E-state index contributed by atoms with van der Waals surface area (Å²) >= 11 is 0. The van der Waals surface area contributed by atoms with Gasteiger partial charge in [-0.05, 0) is 31.0 Å². The van der Waals surface area contributed by atoms with Crippen molar-refractivity contribution in [1.29, 1.82) is 0 Å². The smallest absolute Gasteiger partial charge is 0.312 e. The minimum atomic E-state index is -3.70. The van der Waals surface area contributed by atoms with Gasteiger partial charge < -0.3 is 21.1 Å². The van der Waals surface area contributed by atoms with Gasteiger partial charge in [-0.1, -0.05) is 6.42 Å². The molecule has 0 aromatic heterocycles. The lowest BCUT2D eigenvalue weighted by Crippen LogP contribution is -2.29. The van der Waals surface area contributed by atoms with E-state index in [1.54, 1.807) is 6.07 Å². The van der Waals surface area contributed by atoms with E-state index in [9.17, 15) is 18.0 Å². The molecule has 0 atom stereocenters. The second-order valence-corrected chi connectivity index (χ2v) is 7.92. The number of hydrogen-bond donors (Lipinski definition) is 3. The maximum Gasteiger partial charge on any atom is 0.312 e. The van der Waals surface area contributed by atoms with Crippen LogP contribution in [0.25, 0.3) is 0 Å². The molecule has 10 heteroatoms. The van der Waals surface area contributed by atoms with Crippen LogP contribution in [0.15, 0.2) is 23.1 Å². The summed E-state index contributed by atoms with van der Waals surface area (Å²) in [5, 5.41) is 5.17. The van der Waals surface area contributed by atoms with Gasteiger partial charge in [0.25, 0.3) is 0 Å². The third kappa shape index (κ3) is 6.52. The molecule has 0 saturated carbocycles. The van der Waals surface area contributed by atoms with Gasteiger partial charge in [-0.2, -0.15) is 0 Å². The van der Waals surface area contributed by atoms with Crippen molar-refractivity contribution < 1.29 is 22.7 Å². The minimum Gasteiger partial charge on any atom is -0.495 e. The molecule has 3 amide bonds. The zero-order chi connectivity index (χ0) is 19.7. The first kappa shape index (κ1) is 21.7. The minimum absolute atomic E-state index is 0.0136. The lowest BCUT2D eigenvalue weighted by molar-refractivity contribution is -0.116. The Hall–Kier alpha value is -2.33. The molecule has 1 rings (SSSR count). The Labute approximate surface area is 153 Å². The summed E-state index contributed by atoms with van der Waals surface area (Å²) in [6.07, 6.45) is 2.42. The van der Waals surface area contributed by atoms with Crippen LogP contribution < -0.4 is 21.1 Å². The highest BCUT2D eigenvalue weighted by Gasteiger charge is 2.22. The van der Waals surface area contributed by atoms with Crippen molar-refractivity contribution in [3.05, 3.63) is 18.2 Å². The van der Waals surface area contributed by atoms with Crippen molar-refractivity contribution in [2.24, 2.45) is 5.73 Å². The molecule has 1 aromatic carbocycles. The molecule has 0 aliphatic heterocycles. The Balaban J connectivity index is 2.65. The number of methoxy groups -OCH3 is 1. The first-order chi connectivity index (χ1) is 12.2. The van der Waals surface area contributed by atoms with Crippen LogP contribution in [-0.4, -0.2) is 52.4 Å². The number of primary amides is 1. The van der Waals surface area contributed by atoms with Crippen molar-refractivity contribution in [3.8, 4) is 5.75 Å². The highest BCUT2D eigenvalue weighted by Crippen LogP contribution is 2.28. The Bertz CT molecular complexity index is 734. The van der Waals surface area contributed by atoms with Gasteiger partial charge in [0.1, 0.15) is 10.6 Å². The number of nitrogens with one attached hydrogen (secondary N) is 2. The van der Waals surface area contributed by atoms with Crippen molar-refractivity contribution in [3.63, 3.8) is 0 Å². The summed E-state index contributed by atoms with van der Waals surface area (Å²) < 4.78 is 30.9. The number of carbonyl (C=O) groups is 2. The molecule has 4 N–H and O–H groups in total. The van der Waals surface area contributed by atoms with E-state index in [1.165, 1.54) is 33.3 Å². The van der Waals surface area contributed by atoms with Gasteiger partial charge in [0.05, 0.1) is 7.11 Å². The van der Waals surface area contributed by atoms with E-state index < -0.39 is 16.1 Å². The number of nitrogens with two attached hydrogens (primary N) is 1. The monoisotopic (exact) mass is 386 g/mol. The molecule has 0 unspecified atom stereocenters. The van der Waals surface area contributed by atoms with Gasteiger partial charge in [0.15, 0.2) is 0 Å². The number of ether oxygens (including phenoxy) is 1. The van der Waals surface area contributed by atoms with Crippen molar-refractivity contribution in [1.82, 2.24) is 9.62 Å². The maximum atomic E-state index is 12.4. The molecule has 0 bridgehead atoms. The fourth-order valence-electron chi connectivity index (χ4n) is 2.18. The average Bonchev–Trinajstić information content (AvgIpc) is 2.57. The number of unbranched alkanes of at least 4 members (excludes halogenated alkanes) is 2. The third-order valence-corrected chi connectivity index (χ3v) is 5.42. The second-order valence-electron chi connectivity index (χ2n) is 5.80. The molecule has 146 valence electrons. The number of anilines is 1. The number of hydrogen-bond acceptors (Lipinski definition) is 5. The summed E-state index contributed by atoms with van der Waals surface area (Å²) in [5.74, 6) is -0.00937. The molecule has 0 fully saturated rings. The lowest BCUT2D eigenvalue weighted by Gasteiger charge is -2.16. The van der Waals surface area contributed by atoms with Crippen LogP contribution in [0.3, 0.4) is 0 Å². The number of sulfonamides is 1. The van der Waals surface area contributed by atoms with Gasteiger partial charge in [0.2, 0.25) is 15.9 Å². The standard InChI is InChI=1S/C16H26N4O5S/c1-20(2)26(23,24)14-11-12(8-9-13(14)25-3)19-15(21)7-5-4-6-10-18-16(17)22/h8-9,11H,4-7,10H2,1-3H3,(H,19,21)(H3,17,18,22). The van der Waals surface area contributed by atoms with Gasteiger partial charge >= 0.3 is 6.03 Å². The van der Waals surface area contributed by atoms with Crippen LogP contribution in [0.4, 0.5) is 10.5 Å². The van der Waals surface area contributed by atoms with Crippen LogP contribution in [-0.2, 0) is 14.8 Å². The largest absolute Gasteiger partial charge is 0.495 e. The number of urea groups is 1. The van der Waals surface area contributed by atoms with Gasteiger partial charge in [-0.25, -0.2) is 17.5 Å². The van der Waals surface area contributed by atoms with E-state index in [2.05, 4.69) is 10.6 Å². The maximum absolute atomic E-state index is 12.4. The average molecular weight is 386 g/mol. The summed E-state index contributed by atoms with van der Waals surface area (Å²) in [5.41, 5.74) is 5.34. The molecular weight excluding hydrogens is 360 g/mol. The van der Waals surface area contributed by atoms with Gasteiger partial charge in [-0.15, -0.1) is 0 Å². The number of rotatable bonds is 10. The molecule has 0 radical (unpaired) electrons. The molecule has 0 spiro atoms. The summed E-state index contributed by atoms with van der Waals surface area (Å²) in [4.78, 5) is 22.5. The molecule has 0 saturated heterocycles. The van der Waals surface area contributed by atoms with Crippen molar-refractivity contribution in [2.45, 2.75) is 30.6 Å². The predicted octanol–water partition coefficient (Wildman–Crippen LogP) is 1.11. The van der Waals surface area contributed by atoms with E-state index in [0.717, 1.165) is 17.1 Å². The first-order valence-corrected chi connectivity index (χ1v) is 9.56. The molecule has 1 aromatic rings. The van der Waals surface area contributed by atoms with E-state index in [0.29, 0.717) is 25.1 Å². The molecule has 0 heterocycles.